The fourth-order valence-electron chi connectivity index (χ4n) is 9.97. The van der Waals surface area contributed by atoms with E-state index >= 15 is 26.3 Å². The minimum absolute atomic E-state index is 0.0208. The van der Waals surface area contributed by atoms with Crippen LogP contribution in [0.15, 0.2) is 97.3 Å². The van der Waals surface area contributed by atoms with Crippen LogP contribution in [0, 0.1) is 45.7 Å². The Kier molecular flexibility index (Phi) is 15.8. The van der Waals surface area contributed by atoms with Gasteiger partial charge in [0, 0.05) is 60.0 Å². The minimum atomic E-state index is -4.61. The largest absolute Gasteiger partial charge is 0.470 e. The number of fused-ring (bicyclic) bond motifs is 2. The van der Waals surface area contributed by atoms with Gasteiger partial charge in [-0.15, -0.1) is 22.7 Å². The molecule has 12 rings (SSSR count). The van der Waals surface area contributed by atoms with Crippen molar-refractivity contribution in [3.8, 4) is 34.3 Å². The molecule has 0 radical (unpaired) electrons. The first-order valence-electron chi connectivity index (χ1n) is 26.8. The van der Waals surface area contributed by atoms with Crippen LogP contribution in [-0.2, 0) is 56.2 Å². The summed E-state index contributed by atoms with van der Waals surface area (Å²) in [6, 6.07) is 15.1. The molecule has 2 aliphatic rings. The number of pyridine rings is 2. The lowest BCUT2D eigenvalue weighted by Crippen LogP contribution is -2.17. The molecule has 4 aromatic carbocycles. The van der Waals surface area contributed by atoms with Crippen LogP contribution in [-0.4, -0.2) is 64.3 Å². The molecule has 0 bridgehead atoms. The predicted molar refractivity (Wildman–Crippen MR) is 292 cm³/mol. The number of imidazole rings is 2. The van der Waals surface area contributed by atoms with Crippen molar-refractivity contribution >= 4 is 56.7 Å². The number of halogens is 14. The lowest BCUT2D eigenvalue weighted by molar-refractivity contribution is -0.135. The monoisotopic (exact) mass is 1280 g/mol. The first-order chi connectivity index (χ1) is 42.4. The molecule has 2 aliphatic carbocycles. The Morgan fingerprint density at radius 1 is 0.517 bits per heavy atom. The first kappa shape index (κ1) is 60.4. The van der Waals surface area contributed by atoms with Crippen molar-refractivity contribution in [2.45, 2.75) is 77.2 Å². The molecular formula is C60H40F14N8O5S2. The normalized spacial score (nSPS) is 14.4. The van der Waals surface area contributed by atoms with Crippen LogP contribution in [0.4, 0.5) is 61.5 Å². The molecule has 0 unspecified atom stereocenters. The third-order valence-electron chi connectivity index (χ3n) is 15.2. The standard InChI is InChI=1S/C60H40F14N8O5S2/c61-25-57(7-8-57)27-81-43-15-31(13-39(67)53(43)79-47(81)17-29-11-37(65)33(19-35(29)63)41-3-1-5-49(77-41)85-23-51-75-21-45(88-51)59(69,70)71)55(83)87-56(84)32-14-40(68)54-44(16-32)82(28-58(26-62)9-10-58)48(80-54)18-30-12-38(66)34(20-36(30)64)42-4-2-6-50(78-42)86-24-52-76-22-46(89-52)60(72,73)74/h1-6,11-16,19-22H,7-10,17-18,23-28H2. The van der Waals surface area contributed by atoms with E-state index in [0.29, 0.717) is 72.9 Å². The van der Waals surface area contributed by atoms with Crippen LogP contribution in [0.5, 0.6) is 11.8 Å². The lowest BCUT2D eigenvalue weighted by Gasteiger charge is -2.16. The number of hydrogen-bond acceptors (Lipinski definition) is 13. The zero-order valence-corrected chi connectivity index (χ0v) is 47.1. The van der Waals surface area contributed by atoms with E-state index in [1.165, 1.54) is 45.5 Å². The molecule has 0 amide bonds. The molecular weight excluding hydrogens is 1240 g/mol. The second-order valence-electron chi connectivity index (χ2n) is 21.6. The van der Waals surface area contributed by atoms with Crippen LogP contribution in [0.3, 0.4) is 0 Å². The Hall–Kier alpha value is -8.86. The first-order valence-corrected chi connectivity index (χ1v) is 28.5. The number of nitrogens with zero attached hydrogens (tertiary/aromatic N) is 8. The van der Waals surface area contributed by atoms with Crippen molar-refractivity contribution in [1.29, 1.82) is 0 Å². The number of thiazole rings is 2. The van der Waals surface area contributed by atoms with E-state index in [0.717, 1.165) is 36.4 Å². The van der Waals surface area contributed by atoms with Gasteiger partial charge in [-0.2, -0.15) is 26.3 Å². The van der Waals surface area contributed by atoms with Gasteiger partial charge < -0.3 is 23.3 Å². The SMILES string of the molecule is O=C(OC(=O)c1cc(F)c2nc(Cc3cc(F)c(-c4cccc(OCc5ncc(C(F)(F)F)s5)n4)cc3F)n(CC3(CF)CC3)c2c1)c1cc(F)c2nc(Cc3cc(F)c(-c4cccc(OCc5ncc(C(F)(F)F)s5)n4)cc3F)n(CC3(CF)CC3)c2c1. The van der Waals surface area contributed by atoms with Crippen LogP contribution < -0.4 is 9.47 Å². The summed E-state index contributed by atoms with van der Waals surface area (Å²) < 4.78 is 223. The highest BCUT2D eigenvalue weighted by Gasteiger charge is 2.45. The molecule has 89 heavy (non-hydrogen) atoms. The van der Waals surface area contributed by atoms with Crippen LogP contribution >= 0.6 is 22.7 Å². The van der Waals surface area contributed by atoms with Crippen LogP contribution in [0.1, 0.15) is 88.9 Å². The van der Waals surface area contributed by atoms with Gasteiger partial charge in [0.2, 0.25) is 11.8 Å². The average Bonchev–Trinajstić information content (AvgIpc) is 1.80. The molecule has 10 aromatic rings. The molecule has 29 heteroatoms. The van der Waals surface area contributed by atoms with Crippen LogP contribution in [0.25, 0.3) is 44.6 Å². The van der Waals surface area contributed by atoms with E-state index in [1.54, 1.807) is 0 Å². The van der Waals surface area contributed by atoms with Gasteiger partial charge in [-0.3, -0.25) is 8.78 Å². The zero-order valence-electron chi connectivity index (χ0n) is 45.4. The summed E-state index contributed by atoms with van der Waals surface area (Å²) in [5, 5.41) is -0.0416. The molecule has 13 nitrogen and oxygen atoms in total. The molecule has 460 valence electrons. The van der Waals surface area contributed by atoms with Gasteiger partial charge in [-0.1, -0.05) is 12.1 Å². The topological polar surface area (TPSA) is 149 Å². The smallest absolute Gasteiger partial charge is 0.427 e. The molecule has 0 spiro atoms. The number of carbonyl (C=O) groups excluding carboxylic acids is 2. The average molecular weight is 1280 g/mol. The number of carbonyl (C=O) groups is 2. The summed E-state index contributed by atoms with van der Waals surface area (Å²) >= 11 is 0.717. The summed E-state index contributed by atoms with van der Waals surface area (Å²) in [6.07, 6.45) is -7.36. The Labute approximate surface area is 500 Å². The fraction of sp³-hybridized carbons (Fsp3) is 0.267. The summed E-state index contributed by atoms with van der Waals surface area (Å²) in [7, 11) is 0. The van der Waals surface area contributed by atoms with Gasteiger partial charge in [-0.05, 0) is 97.5 Å². The predicted octanol–water partition coefficient (Wildman–Crippen LogP) is 15.1. The number of esters is 2. The minimum Gasteiger partial charge on any atom is -0.470 e. The zero-order chi connectivity index (χ0) is 62.9. The molecule has 0 atom stereocenters. The maximum Gasteiger partial charge on any atom is 0.427 e. The van der Waals surface area contributed by atoms with Gasteiger partial charge in [0.05, 0.1) is 59.3 Å². The summed E-state index contributed by atoms with van der Waals surface area (Å²) in [5.74, 6) is -9.48. The van der Waals surface area contributed by atoms with Crippen LogP contribution in [0.2, 0.25) is 0 Å². The molecule has 0 aliphatic heterocycles. The van der Waals surface area contributed by atoms with Gasteiger partial charge in [0.1, 0.15) is 78.9 Å². The number of alkyl halides is 8. The number of benzene rings is 4. The Bertz CT molecular complexity index is 4160. The quantitative estimate of drug-likeness (QED) is 0.0408. The van der Waals surface area contributed by atoms with Crippen molar-refractivity contribution in [2.24, 2.45) is 10.8 Å². The van der Waals surface area contributed by atoms with Gasteiger partial charge >= 0.3 is 24.3 Å². The van der Waals surface area contributed by atoms with E-state index in [1.807, 2.05) is 0 Å². The molecule has 6 heterocycles. The van der Waals surface area contributed by atoms with Crippen molar-refractivity contribution in [1.82, 2.24) is 39.0 Å². The molecule has 6 aromatic heterocycles. The second-order valence-corrected chi connectivity index (χ2v) is 23.8. The fourth-order valence-corrected chi connectivity index (χ4v) is 11.4. The highest BCUT2D eigenvalue weighted by Crippen LogP contribution is 2.50. The maximum absolute atomic E-state index is 16.2. The molecule has 2 fully saturated rings. The van der Waals surface area contributed by atoms with E-state index < -0.39 is 130 Å². The molecule has 0 N–H and O–H groups in total. The number of ether oxygens (including phenoxy) is 3. The maximum atomic E-state index is 16.2. The van der Waals surface area contributed by atoms with Gasteiger partial charge in [-0.25, -0.2) is 65.8 Å². The van der Waals surface area contributed by atoms with Gasteiger partial charge in [0.25, 0.3) is 0 Å². The molecule has 0 saturated heterocycles. The van der Waals surface area contributed by atoms with E-state index in [-0.39, 0.29) is 102 Å². The highest BCUT2D eigenvalue weighted by molar-refractivity contribution is 7.12. The third kappa shape index (κ3) is 12.6. The van der Waals surface area contributed by atoms with E-state index in [9.17, 15) is 44.7 Å². The number of hydrogen-bond donors (Lipinski definition) is 0. The second kappa shape index (κ2) is 23.3. The van der Waals surface area contributed by atoms with Crippen molar-refractivity contribution in [2.75, 3.05) is 13.3 Å². The number of aromatic nitrogens is 8. The Balaban J connectivity index is 0.782. The summed E-state index contributed by atoms with van der Waals surface area (Å²) in [6.45, 7) is -2.79. The van der Waals surface area contributed by atoms with Gasteiger partial charge in [0.15, 0.2) is 11.6 Å². The number of rotatable bonds is 20. The van der Waals surface area contributed by atoms with Crippen molar-refractivity contribution in [3.05, 3.63) is 186 Å². The Morgan fingerprint density at radius 2 is 0.921 bits per heavy atom. The van der Waals surface area contributed by atoms with E-state index in [4.69, 9.17) is 14.2 Å². The summed E-state index contributed by atoms with van der Waals surface area (Å²) in [5.41, 5.74) is -5.46. The van der Waals surface area contributed by atoms with Crippen molar-refractivity contribution in [3.63, 3.8) is 0 Å². The third-order valence-corrected chi connectivity index (χ3v) is 17.3. The Morgan fingerprint density at radius 3 is 1.28 bits per heavy atom. The highest BCUT2D eigenvalue weighted by atomic mass is 32.1. The van der Waals surface area contributed by atoms with E-state index in [2.05, 4.69) is 29.9 Å². The van der Waals surface area contributed by atoms with Crippen molar-refractivity contribution < 1.29 is 85.3 Å². The molecule has 2 saturated carbocycles. The summed E-state index contributed by atoms with van der Waals surface area (Å²) in [4.78, 5) is 50.2. The lowest BCUT2D eigenvalue weighted by atomic mass is 10.0.